The normalized spacial score (nSPS) is 15.3. The minimum Gasteiger partial charge on any atom is -0.370 e. The molecule has 1 amide bonds. The summed E-state index contributed by atoms with van der Waals surface area (Å²) < 4.78 is 5.38. The number of H-pyrrole nitrogens is 1. The smallest absolute Gasteiger partial charge is 0.251 e. The number of nitrogens with zero attached hydrogens (tertiary/aromatic N) is 2. The third-order valence-electron chi connectivity index (χ3n) is 5.55. The number of hydrogen-bond donors (Lipinski definition) is 3. The lowest BCUT2D eigenvalue weighted by Gasteiger charge is -2.23. The van der Waals surface area contributed by atoms with Crippen LogP contribution in [0.25, 0.3) is 33.1 Å². The molecule has 0 aliphatic carbocycles. The maximum absolute atomic E-state index is 12.6. The Bertz CT molecular complexity index is 1180. The second-order valence-electron chi connectivity index (χ2n) is 7.52. The van der Waals surface area contributed by atoms with Crippen molar-refractivity contribution in [1.29, 1.82) is 0 Å². The number of nitrogens with one attached hydrogen (secondary N) is 3. The molecule has 0 bridgehead atoms. The molecule has 0 spiro atoms. The van der Waals surface area contributed by atoms with E-state index in [4.69, 9.17) is 9.72 Å². The van der Waals surface area contributed by atoms with E-state index in [2.05, 4.69) is 15.3 Å². The number of ether oxygens (including phenoxy) is 1. The predicted molar refractivity (Wildman–Crippen MR) is 112 cm³/mol. The van der Waals surface area contributed by atoms with Crippen LogP contribution >= 0.6 is 0 Å². The molecule has 0 atom stereocenters. The van der Waals surface area contributed by atoms with Crippen LogP contribution in [0.1, 0.15) is 16.8 Å². The van der Waals surface area contributed by atoms with E-state index < -0.39 is 0 Å². The van der Waals surface area contributed by atoms with E-state index in [0.29, 0.717) is 12.1 Å². The maximum atomic E-state index is 12.6. The third kappa shape index (κ3) is 3.66. The maximum Gasteiger partial charge on any atom is 0.251 e. The Balaban J connectivity index is 1.31. The van der Waals surface area contributed by atoms with Crippen LogP contribution in [0, 0.1) is 0 Å². The number of quaternary nitrogens is 1. The van der Waals surface area contributed by atoms with Gasteiger partial charge in [0.05, 0.1) is 30.8 Å². The molecule has 0 unspecified atom stereocenters. The van der Waals surface area contributed by atoms with Crippen LogP contribution in [-0.4, -0.2) is 60.3 Å². The van der Waals surface area contributed by atoms with Crippen LogP contribution in [0.15, 0.2) is 42.5 Å². The highest BCUT2D eigenvalue weighted by Crippen LogP contribution is 2.24. The average molecular weight is 390 g/mol. The highest BCUT2D eigenvalue weighted by molar-refractivity contribution is 6.06. The van der Waals surface area contributed by atoms with Crippen LogP contribution in [0.4, 0.5) is 0 Å². The van der Waals surface area contributed by atoms with Crippen molar-refractivity contribution in [2.24, 2.45) is 0 Å². The summed E-state index contributed by atoms with van der Waals surface area (Å²) in [6, 6.07) is 13.5. The molecule has 3 N–H and O–H groups in total. The first-order valence-electron chi connectivity index (χ1n) is 10.2. The predicted octanol–water partition coefficient (Wildman–Crippen LogP) is 1.30. The molecule has 1 saturated heterocycles. The van der Waals surface area contributed by atoms with Gasteiger partial charge in [0.1, 0.15) is 18.6 Å². The minimum atomic E-state index is -0.0651. The molecule has 3 heterocycles. The van der Waals surface area contributed by atoms with Crippen LogP contribution < -0.4 is 10.2 Å². The fraction of sp³-hybridized carbons (Fsp3) is 0.318. The standard InChI is InChI=1S/C22H23N5O2/c28-22(23-8-3-9-27-10-12-29-13-11-27)15-6-7-18-19(14-15)24-20-16-4-1-2-5-17(16)25-21(20)26-18/h1-2,4-7,14H,3,8-13H2,(H,23,28)(H,25,26)/p+1. The van der Waals surface area contributed by atoms with Gasteiger partial charge < -0.3 is 19.9 Å². The Labute approximate surface area is 168 Å². The molecule has 29 heavy (non-hydrogen) atoms. The summed E-state index contributed by atoms with van der Waals surface area (Å²) in [5.41, 5.74) is 4.73. The topological polar surface area (TPSA) is 84.3 Å². The Morgan fingerprint density at radius 2 is 1.97 bits per heavy atom. The number of amides is 1. The van der Waals surface area contributed by atoms with E-state index in [1.807, 2.05) is 42.5 Å². The summed E-state index contributed by atoms with van der Waals surface area (Å²) in [4.78, 5) is 26.9. The molecular formula is C22H24N5O2+. The number of aromatic amines is 1. The zero-order chi connectivity index (χ0) is 19.6. The Hall–Kier alpha value is -3.03. The van der Waals surface area contributed by atoms with Gasteiger partial charge in [0.2, 0.25) is 0 Å². The fourth-order valence-electron chi connectivity index (χ4n) is 3.95. The van der Waals surface area contributed by atoms with Crippen molar-refractivity contribution in [1.82, 2.24) is 20.3 Å². The number of rotatable bonds is 5. The van der Waals surface area contributed by atoms with Crippen molar-refractivity contribution in [3.8, 4) is 0 Å². The first-order chi connectivity index (χ1) is 14.3. The SMILES string of the molecule is O=C(NCCC[NH+]1CCOCC1)c1ccc2nc3[nH]c4ccccc4c3nc2c1. The summed E-state index contributed by atoms with van der Waals surface area (Å²) >= 11 is 0. The summed E-state index contributed by atoms with van der Waals surface area (Å²) in [7, 11) is 0. The Morgan fingerprint density at radius 3 is 2.86 bits per heavy atom. The van der Waals surface area contributed by atoms with Gasteiger partial charge in [-0.3, -0.25) is 4.79 Å². The molecule has 148 valence electrons. The number of morpholine rings is 1. The van der Waals surface area contributed by atoms with Crippen molar-refractivity contribution in [3.05, 3.63) is 48.0 Å². The molecule has 1 fully saturated rings. The molecule has 7 nitrogen and oxygen atoms in total. The summed E-state index contributed by atoms with van der Waals surface area (Å²) in [5, 5.41) is 4.07. The molecule has 0 saturated carbocycles. The second-order valence-corrected chi connectivity index (χ2v) is 7.52. The van der Waals surface area contributed by atoms with E-state index in [1.54, 1.807) is 4.90 Å². The highest BCUT2D eigenvalue weighted by atomic mass is 16.5. The molecule has 1 aliphatic heterocycles. The van der Waals surface area contributed by atoms with Crippen molar-refractivity contribution < 1.29 is 14.4 Å². The van der Waals surface area contributed by atoms with E-state index >= 15 is 0 Å². The zero-order valence-electron chi connectivity index (χ0n) is 16.2. The quantitative estimate of drug-likeness (QED) is 0.449. The zero-order valence-corrected chi connectivity index (χ0v) is 16.2. The highest BCUT2D eigenvalue weighted by Gasteiger charge is 2.14. The van der Waals surface area contributed by atoms with Gasteiger partial charge in [-0.15, -0.1) is 0 Å². The summed E-state index contributed by atoms with van der Waals surface area (Å²) in [6.07, 6.45) is 0.963. The monoisotopic (exact) mass is 390 g/mol. The van der Waals surface area contributed by atoms with Gasteiger partial charge >= 0.3 is 0 Å². The van der Waals surface area contributed by atoms with Crippen molar-refractivity contribution in [2.75, 3.05) is 39.4 Å². The number of carbonyl (C=O) groups excluding carboxylic acids is 1. The Morgan fingerprint density at radius 1 is 1.10 bits per heavy atom. The number of benzene rings is 2. The average Bonchev–Trinajstić information content (AvgIpc) is 3.12. The van der Waals surface area contributed by atoms with Gasteiger partial charge in [0.25, 0.3) is 5.91 Å². The molecular weight excluding hydrogens is 366 g/mol. The summed E-state index contributed by atoms with van der Waals surface area (Å²) in [6.45, 7) is 5.52. The van der Waals surface area contributed by atoms with E-state index in [-0.39, 0.29) is 5.91 Å². The van der Waals surface area contributed by atoms with Crippen LogP contribution in [0.3, 0.4) is 0 Å². The van der Waals surface area contributed by atoms with Gasteiger partial charge in [-0.1, -0.05) is 18.2 Å². The molecule has 2 aromatic heterocycles. The lowest BCUT2D eigenvalue weighted by Crippen LogP contribution is -3.14. The first kappa shape index (κ1) is 18.0. The fourth-order valence-corrected chi connectivity index (χ4v) is 3.95. The Kier molecular flexibility index (Phi) is 4.83. The number of aromatic nitrogens is 3. The number of carbonyl (C=O) groups is 1. The van der Waals surface area contributed by atoms with Crippen molar-refractivity contribution in [3.63, 3.8) is 0 Å². The lowest BCUT2D eigenvalue weighted by molar-refractivity contribution is -0.908. The van der Waals surface area contributed by atoms with Gasteiger partial charge in [-0.2, -0.15) is 0 Å². The molecule has 5 rings (SSSR count). The van der Waals surface area contributed by atoms with Crippen LogP contribution in [0.5, 0.6) is 0 Å². The van der Waals surface area contributed by atoms with Gasteiger partial charge in [-0.05, 0) is 24.3 Å². The van der Waals surface area contributed by atoms with Gasteiger partial charge in [-0.25, -0.2) is 9.97 Å². The van der Waals surface area contributed by atoms with E-state index in [0.717, 1.165) is 72.4 Å². The van der Waals surface area contributed by atoms with E-state index in [1.165, 1.54) is 0 Å². The van der Waals surface area contributed by atoms with Crippen molar-refractivity contribution >= 4 is 39.0 Å². The summed E-state index contributed by atoms with van der Waals surface area (Å²) in [5.74, 6) is -0.0651. The molecule has 4 aromatic rings. The second kappa shape index (κ2) is 7.77. The number of para-hydroxylation sites is 1. The first-order valence-corrected chi connectivity index (χ1v) is 10.2. The van der Waals surface area contributed by atoms with Gasteiger partial charge in [0, 0.05) is 29.4 Å². The molecule has 2 aromatic carbocycles. The van der Waals surface area contributed by atoms with Crippen molar-refractivity contribution in [2.45, 2.75) is 6.42 Å². The molecule has 0 radical (unpaired) electrons. The molecule has 1 aliphatic rings. The van der Waals surface area contributed by atoms with Gasteiger partial charge in [0.15, 0.2) is 5.65 Å². The largest absolute Gasteiger partial charge is 0.370 e. The van der Waals surface area contributed by atoms with E-state index in [9.17, 15) is 4.79 Å². The molecule has 7 heteroatoms. The number of fused-ring (bicyclic) bond motifs is 4. The third-order valence-corrected chi connectivity index (χ3v) is 5.55. The van der Waals surface area contributed by atoms with Crippen LogP contribution in [-0.2, 0) is 4.74 Å². The number of hydrogen-bond acceptors (Lipinski definition) is 4. The minimum absolute atomic E-state index is 0.0651. The lowest BCUT2D eigenvalue weighted by atomic mass is 10.1. The van der Waals surface area contributed by atoms with Crippen LogP contribution in [0.2, 0.25) is 0 Å².